The van der Waals surface area contributed by atoms with Gasteiger partial charge in [-0.2, -0.15) is 0 Å². The fourth-order valence-electron chi connectivity index (χ4n) is 2.70. The summed E-state index contributed by atoms with van der Waals surface area (Å²) < 4.78 is 11.2. The summed E-state index contributed by atoms with van der Waals surface area (Å²) in [6.45, 7) is 12.5. The predicted molar refractivity (Wildman–Crippen MR) is 123 cm³/mol. The average Bonchev–Trinajstić information content (AvgIpc) is 2.70. The highest BCUT2D eigenvalue weighted by molar-refractivity contribution is 6.37. The van der Waals surface area contributed by atoms with Gasteiger partial charge in [0.1, 0.15) is 12.4 Å². The second-order valence-corrected chi connectivity index (χ2v) is 7.93. The second kappa shape index (κ2) is 12.1. The third kappa shape index (κ3) is 7.24. The Kier molecular flexibility index (Phi) is 10.6. The molecule has 0 saturated carbocycles. The number of hydrogen-bond donors (Lipinski definition) is 0. The van der Waals surface area contributed by atoms with E-state index in [1.165, 1.54) is 6.92 Å². The van der Waals surface area contributed by atoms with Crippen molar-refractivity contribution >= 4 is 29.0 Å². The van der Waals surface area contributed by atoms with Gasteiger partial charge in [0, 0.05) is 5.41 Å². The van der Waals surface area contributed by atoms with E-state index in [-0.39, 0.29) is 17.8 Å². The van der Waals surface area contributed by atoms with Crippen molar-refractivity contribution in [3.8, 4) is 11.5 Å². The summed E-state index contributed by atoms with van der Waals surface area (Å²) in [5.41, 5.74) is 1.77. The van der Waals surface area contributed by atoms with E-state index >= 15 is 0 Å². The van der Waals surface area contributed by atoms with Gasteiger partial charge in [-0.3, -0.25) is 4.79 Å². The summed E-state index contributed by atoms with van der Waals surface area (Å²) in [6, 6.07) is 11.5. The zero-order valence-corrected chi connectivity index (χ0v) is 19.8. The number of halogens is 2. The van der Waals surface area contributed by atoms with Crippen LogP contribution >= 0.6 is 23.2 Å². The highest BCUT2D eigenvalue weighted by atomic mass is 35.5. The molecular formula is C24H32Cl2O3. The molecule has 0 unspecified atom stereocenters. The van der Waals surface area contributed by atoms with E-state index in [2.05, 4.69) is 20.8 Å². The molecule has 0 fully saturated rings. The number of Topliss-reactive ketones (excluding diaryl/α,β-unsaturated/α-hetero) is 1. The Hall–Kier alpha value is -1.71. The van der Waals surface area contributed by atoms with Crippen molar-refractivity contribution in [2.45, 2.75) is 59.8 Å². The Balaban J connectivity index is 0.00000204. The number of ether oxygens (including phenoxy) is 2. The molecule has 0 aromatic heterocycles. The van der Waals surface area contributed by atoms with Crippen LogP contribution in [-0.2, 0) is 10.2 Å². The fourth-order valence-corrected chi connectivity index (χ4v) is 3.29. The normalized spacial score (nSPS) is 10.8. The van der Waals surface area contributed by atoms with Gasteiger partial charge in [-0.05, 0) is 48.7 Å². The molecule has 0 aliphatic rings. The lowest BCUT2D eigenvalue weighted by Gasteiger charge is -2.27. The number of carbonyl (C=O) groups excluding carboxylic acids is 1. The van der Waals surface area contributed by atoms with Crippen LogP contribution in [0.1, 0.15) is 65.5 Å². The first kappa shape index (κ1) is 25.3. The molecule has 3 nitrogen and oxygen atoms in total. The van der Waals surface area contributed by atoms with Crippen molar-refractivity contribution in [2.75, 3.05) is 13.2 Å². The van der Waals surface area contributed by atoms with Gasteiger partial charge in [0.25, 0.3) is 0 Å². The first-order valence-corrected chi connectivity index (χ1v) is 10.9. The maximum atomic E-state index is 11.0. The zero-order chi connectivity index (χ0) is 22.0. The van der Waals surface area contributed by atoms with Crippen molar-refractivity contribution in [1.29, 1.82) is 0 Å². The van der Waals surface area contributed by atoms with E-state index < -0.39 is 0 Å². The summed E-state index contributed by atoms with van der Waals surface area (Å²) in [6.07, 6.45) is 2.00. The largest absolute Gasteiger partial charge is 0.490 e. The molecule has 5 heteroatoms. The quantitative estimate of drug-likeness (QED) is 0.380. The summed E-state index contributed by atoms with van der Waals surface area (Å²) in [5.74, 6) is 1.20. The number of rotatable bonds is 9. The van der Waals surface area contributed by atoms with Crippen LogP contribution in [0.3, 0.4) is 0 Å². The SMILES string of the molecule is CC.CCCCOc1c(Cl)cc(C(C)(C)c2ccc(OCC(C)=O)cc2)cc1Cl. The molecule has 0 radical (unpaired) electrons. The summed E-state index contributed by atoms with van der Waals surface area (Å²) in [4.78, 5) is 11.0. The monoisotopic (exact) mass is 438 g/mol. The van der Waals surface area contributed by atoms with E-state index in [1.807, 2.05) is 50.2 Å². The van der Waals surface area contributed by atoms with E-state index in [9.17, 15) is 4.79 Å². The predicted octanol–water partition coefficient (Wildman–Crippen LogP) is 7.49. The molecular weight excluding hydrogens is 407 g/mol. The molecule has 160 valence electrons. The summed E-state index contributed by atoms with van der Waals surface area (Å²) in [7, 11) is 0. The number of hydrogen-bond acceptors (Lipinski definition) is 3. The molecule has 0 heterocycles. The molecule has 29 heavy (non-hydrogen) atoms. The minimum absolute atomic E-state index is 0.00932. The Labute approximate surface area is 185 Å². The van der Waals surface area contributed by atoms with Crippen molar-refractivity contribution in [1.82, 2.24) is 0 Å². The number of carbonyl (C=O) groups is 1. The average molecular weight is 439 g/mol. The molecule has 2 aromatic carbocycles. The molecule has 0 bridgehead atoms. The molecule has 2 aromatic rings. The van der Waals surface area contributed by atoms with E-state index in [1.54, 1.807) is 0 Å². The van der Waals surface area contributed by atoms with Crippen LogP contribution in [0.2, 0.25) is 10.0 Å². The Bertz CT molecular complexity index is 760. The van der Waals surface area contributed by atoms with Crippen LogP contribution in [0, 0.1) is 0 Å². The molecule has 2 rings (SSSR count). The summed E-state index contributed by atoms with van der Waals surface area (Å²) in [5, 5.41) is 1.03. The second-order valence-electron chi connectivity index (χ2n) is 7.11. The van der Waals surface area contributed by atoms with E-state index in [0.717, 1.165) is 24.0 Å². The van der Waals surface area contributed by atoms with E-state index in [4.69, 9.17) is 32.7 Å². The highest BCUT2D eigenvalue weighted by Crippen LogP contribution is 2.40. The first-order valence-electron chi connectivity index (χ1n) is 10.1. The molecule has 0 N–H and O–H groups in total. The molecule has 0 atom stereocenters. The fraction of sp³-hybridized carbons (Fsp3) is 0.458. The lowest BCUT2D eigenvalue weighted by Crippen LogP contribution is -2.19. The lowest BCUT2D eigenvalue weighted by molar-refractivity contribution is -0.118. The van der Waals surface area contributed by atoms with Crippen LogP contribution in [0.15, 0.2) is 36.4 Å². The van der Waals surface area contributed by atoms with Gasteiger partial charge in [0.15, 0.2) is 11.5 Å². The van der Waals surface area contributed by atoms with Crippen LogP contribution < -0.4 is 9.47 Å². The zero-order valence-electron chi connectivity index (χ0n) is 18.3. The van der Waals surface area contributed by atoms with Gasteiger partial charge in [-0.1, -0.05) is 76.4 Å². The third-order valence-corrected chi connectivity index (χ3v) is 5.04. The highest BCUT2D eigenvalue weighted by Gasteiger charge is 2.25. The summed E-state index contributed by atoms with van der Waals surface area (Å²) >= 11 is 12.9. The standard InChI is InChI=1S/C22H26Cl2O3.C2H6/c1-5-6-11-26-21-19(23)12-17(13-20(21)24)22(3,4)16-7-9-18(10-8-16)27-14-15(2)25;1-2/h7-10,12-13H,5-6,11,14H2,1-4H3;1-2H3. The molecule has 0 aliphatic heterocycles. The Morgan fingerprint density at radius 3 is 2.00 bits per heavy atom. The number of benzene rings is 2. The Morgan fingerprint density at radius 2 is 1.52 bits per heavy atom. The van der Waals surface area contributed by atoms with Crippen molar-refractivity contribution < 1.29 is 14.3 Å². The van der Waals surface area contributed by atoms with Gasteiger partial charge in [-0.25, -0.2) is 0 Å². The van der Waals surface area contributed by atoms with E-state index in [0.29, 0.717) is 28.2 Å². The molecule has 0 spiro atoms. The maximum Gasteiger partial charge on any atom is 0.167 e. The minimum Gasteiger partial charge on any atom is -0.490 e. The number of ketones is 1. The van der Waals surface area contributed by atoms with Crippen LogP contribution in [0.4, 0.5) is 0 Å². The van der Waals surface area contributed by atoms with Gasteiger partial charge >= 0.3 is 0 Å². The van der Waals surface area contributed by atoms with Crippen LogP contribution in [0.25, 0.3) is 0 Å². The van der Waals surface area contributed by atoms with Crippen molar-refractivity contribution in [2.24, 2.45) is 0 Å². The van der Waals surface area contributed by atoms with Gasteiger partial charge in [0.05, 0.1) is 16.7 Å². The number of unbranched alkanes of at least 4 members (excludes halogenated alkanes) is 1. The first-order chi connectivity index (χ1) is 13.8. The smallest absolute Gasteiger partial charge is 0.167 e. The van der Waals surface area contributed by atoms with Gasteiger partial charge in [-0.15, -0.1) is 0 Å². The molecule has 0 aliphatic carbocycles. The lowest BCUT2D eigenvalue weighted by atomic mass is 9.78. The van der Waals surface area contributed by atoms with Crippen LogP contribution in [-0.4, -0.2) is 19.0 Å². The van der Waals surface area contributed by atoms with Crippen molar-refractivity contribution in [3.05, 3.63) is 57.6 Å². The molecule has 0 amide bonds. The maximum absolute atomic E-state index is 11.0. The van der Waals surface area contributed by atoms with Crippen LogP contribution in [0.5, 0.6) is 11.5 Å². The Morgan fingerprint density at radius 1 is 0.966 bits per heavy atom. The van der Waals surface area contributed by atoms with Gasteiger partial charge in [0.2, 0.25) is 0 Å². The molecule has 0 saturated heterocycles. The minimum atomic E-state index is -0.311. The van der Waals surface area contributed by atoms with Crippen molar-refractivity contribution in [3.63, 3.8) is 0 Å². The third-order valence-electron chi connectivity index (χ3n) is 4.48. The topological polar surface area (TPSA) is 35.5 Å². The van der Waals surface area contributed by atoms with Gasteiger partial charge < -0.3 is 9.47 Å².